The second kappa shape index (κ2) is 4.40. The third kappa shape index (κ3) is 1.94. The molecule has 0 bridgehead atoms. The van der Waals surface area contributed by atoms with E-state index in [0.717, 1.165) is 0 Å². The van der Waals surface area contributed by atoms with Crippen LogP contribution in [0.3, 0.4) is 0 Å². The Bertz CT molecular complexity index is 438. The average molecular weight is 223 g/mol. The van der Waals surface area contributed by atoms with Crippen LogP contribution in [-0.2, 0) is 0 Å². The van der Waals surface area contributed by atoms with Crippen molar-refractivity contribution in [2.45, 2.75) is 32.3 Å². The molecule has 2 aromatic heterocycles. The predicted octanol–water partition coefficient (Wildman–Crippen LogP) is 0.729. The molecule has 2 atom stereocenters. The molecule has 2 N–H and O–H groups in total. The van der Waals surface area contributed by atoms with Crippen molar-refractivity contribution in [3.05, 3.63) is 12.2 Å². The highest BCUT2D eigenvalue weighted by Gasteiger charge is 2.21. The molecule has 86 valence electrons. The summed E-state index contributed by atoms with van der Waals surface area (Å²) in [6.07, 6.45) is 1.53. The van der Waals surface area contributed by atoms with Gasteiger partial charge in [0.05, 0.1) is 12.0 Å². The molecule has 16 heavy (non-hydrogen) atoms. The fourth-order valence-electron chi connectivity index (χ4n) is 1.35. The summed E-state index contributed by atoms with van der Waals surface area (Å²) < 4.78 is 5.06. The number of aromatic amines is 1. The molecule has 0 aromatic carbocycles. The molecule has 0 radical (unpaired) electrons. The van der Waals surface area contributed by atoms with E-state index >= 15 is 0 Å². The molecule has 7 nitrogen and oxygen atoms in total. The van der Waals surface area contributed by atoms with E-state index in [-0.39, 0.29) is 5.92 Å². The van der Waals surface area contributed by atoms with Crippen molar-refractivity contribution >= 4 is 0 Å². The number of aromatic nitrogens is 5. The lowest BCUT2D eigenvalue weighted by Gasteiger charge is -2.11. The summed E-state index contributed by atoms with van der Waals surface area (Å²) in [6.45, 7) is 3.74. The van der Waals surface area contributed by atoms with E-state index in [4.69, 9.17) is 4.52 Å². The second-order valence-corrected chi connectivity index (χ2v) is 3.55. The first-order chi connectivity index (χ1) is 7.72. The number of nitrogens with one attached hydrogen (secondary N) is 1. The van der Waals surface area contributed by atoms with Crippen molar-refractivity contribution in [1.29, 1.82) is 0 Å². The van der Waals surface area contributed by atoms with Crippen LogP contribution in [0.25, 0.3) is 11.6 Å². The summed E-state index contributed by atoms with van der Waals surface area (Å²) in [5.74, 6) is 1.02. The van der Waals surface area contributed by atoms with Gasteiger partial charge in [-0.15, -0.1) is 0 Å². The first kappa shape index (κ1) is 10.7. The summed E-state index contributed by atoms with van der Waals surface area (Å²) in [5, 5.41) is 19.8. The minimum Gasteiger partial charge on any atom is -0.392 e. The van der Waals surface area contributed by atoms with Crippen LogP contribution in [0.5, 0.6) is 0 Å². The Morgan fingerprint density at radius 3 is 3.00 bits per heavy atom. The molecular formula is C9H13N5O2. The summed E-state index contributed by atoms with van der Waals surface area (Å²) in [4.78, 5) is 8.06. The standard InChI is InChI=1S/C9H13N5O2/c1-3-6(15)5(2)9-12-8(14-16-9)7-10-4-11-13-7/h4-6,15H,3H2,1-2H3,(H,10,11,13). The van der Waals surface area contributed by atoms with Crippen LogP contribution in [0.4, 0.5) is 0 Å². The molecule has 7 heteroatoms. The van der Waals surface area contributed by atoms with Crippen LogP contribution < -0.4 is 0 Å². The van der Waals surface area contributed by atoms with Crippen molar-refractivity contribution < 1.29 is 9.63 Å². The third-order valence-corrected chi connectivity index (χ3v) is 2.45. The lowest BCUT2D eigenvalue weighted by molar-refractivity contribution is 0.129. The van der Waals surface area contributed by atoms with Gasteiger partial charge < -0.3 is 9.63 Å². The monoisotopic (exact) mass is 223 g/mol. The molecule has 2 unspecified atom stereocenters. The summed E-state index contributed by atoms with van der Waals surface area (Å²) >= 11 is 0. The topological polar surface area (TPSA) is 101 Å². The van der Waals surface area contributed by atoms with Gasteiger partial charge in [-0.2, -0.15) is 10.1 Å². The van der Waals surface area contributed by atoms with Gasteiger partial charge in [0.2, 0.25) is 11.7 Å². The highest BCUT2D eigenvalue weighted by Crippen LogP contribution is 2.21. The molecule has 2 aromatic rings. The van der Waals surface area contributed by atoms with E-state index in [1.54, 1.807) is 0 Å². The third-order valence-electron chi connectivity index (χ3n) is 2.45. The van der Waals surface area contributed by atoms with Crippen LogP contribution in [-0.4, -0.2) is 36.5 Å². The van der Waals surface area contributed by atoms with Crippen LogP contribution >= 0.6 is 0 Å². The fraction of sp³-hybridized carbons (Fsp3) is 0.556. The average Bonchev–Trinajstić information content (AvgIpc) is 2.96. The lowest BCUT2D eigenvalue weighted by Crippen LogP contribution is -2.14. The largest absolute Gasteiger partial charge is 0.392 e. The molecule has 0 fully saturated rings. The number of hydrogen-bond donors (Lipinski definition) is 2. The van der Waals surface area contributed by atoms with Gasteiger partial charge >= 0.3 is 0 Å². The van der Waals surface area contributed by atoms with Crippen molar-refractivity contribution in [2.24, 2.45) is 0 Å². The number of rotatable bonds is 4. The SMILES string of the molecule is CCC(O)C(C)c1nc(-c2ncn[nH]2)no1. The highest BCUT2D eigenvalue weighted by molar-refractivity contribution is 5.39. The molecule has 0 amide bonds. The van der Waals surface area contributed by atoms with Gasteiger partial charge in [-0.3, -0.25) is 5.10 Å². The maximum Gasteiger partial charge on any atom is 0.239 e. The Labute approximate surface area is 91.9 Å². The van der Waals surface area contributed by atoms with Crippen molar-refractivity contribution in [3.8, 4) is 11.6 Å². The Morgan fingerprint density at radius 1 is 1.56 bits per heavy atom. The number of nitrogens with zero attached hydrogens (tertiary/aromatic N) is 4. The zero-order valence-electron chi connectivity index (χ0n) is 9.08. The minimum atomic E-state index is -0.483. The molecule has 0 saturated carbocycles. The summed E-state index contributed by atoms with van der Waals surface area (Å²) in [6, 6.07) is 0. The predicted molar refractivity (Wildman–Crippen MR) is 54.4 cm³/mol. The van der Waals surface area contributed by atoms with Gasteiger partial charge in [-0.25, -0.2) is 4.98 Å². The van der Waals surface area contributed by atoms with Crippen LogP contribution in [0.15, 0.2) is 10.9 Å². The molecule has 2 heterocycles. The van der Waals surface area contributed by atoms with Crippen molar-refractivity contribution in [2.75, 3.05) is 0 Å². The minimum absolute atomic E-state index is 0.186. The van der Waals surface area contributed by atoms with Gasteiger partial charge in [0, 0.05) is 0 Å². The second-order valence-electron chi connectivity index (χ2n) is 3.55. The molecule has 0 spiro atoms. The Morgan fingerprint density at radius 2 is 2.38 bits per heavy atom. The molecule has 0 aliphatic carbocycles. The fourth-order valence-corrected chi connectivity index (χ4v) is 1.35. The highest BCUT2D eigenvalue weighted by atomic mass is 16.5. The Kier molecular flexibility index (Phi) is 2.95. The van der Waals surface area contributed by atoms with Crippen molar-refractivity contribution in [3.63, 3.8) is 0 Å². The first-order valence-corrected chi connectivity index (χ1v) is 5.09. The Hall–Kier alpha value is -1.76. The zero-order valence-corrected chi connectivity index (χ0v) is 9.08. The van der Waals surface area contributed by atoms with Gasteiger partial charge in [0.15, 0.2) is 5.82 Å². The van der Waals surface area contributed by atoms with Gasteiger partial charge in [-0.05, 0) is 6.42 Å². The van der Waals surface area contributed by atoms with E-state index in [0.29, 0.717) is 24.0 Å². The van der Waals surface area contributed by atoms with Gasteiger partial charge in [-0.1, -0.05) is 19.0 Å². The van der Waals surface area contributed by atoms with Crippen LogP contribution in [0.1, 0.15) is 32.1 Å². The summed E-state index contributed by atoms with van der Waals surface area (Å²) in [7, 11) is 0. The quantitative estimate of drug-likeness (QED) is 0.792. The van der Waals surface area contributed by atoms with E-state index < -0.39 is 6.10 Å². The Balaban J connectivity index is 2.20. The van der Waals surface area contributed by atoms with Crippen LogP contribution in [0.2, 0.25) is 0 Å². The lowest BCUT2D eigenvalue weighted by atomic mass is 10.0. The molecular weight excluding hydrogens is 210 g/mol. The molecule has 0 aliphatic rings. The van der Waals surface area contributed by atoms with E-state index in [9.17, 15) is 5.11 Å². The van der Waals surface area contributed by atoms with Gasteiger partial charge in [0.1, 0.15) is 6.33 Å². The zero-order chi connectivity index (χ0) is 11.5. The van der Waals surface area contributed by atoms with Crippen molar-refractivity contribution in [1.82, 2.24) is 25.3 Å². The maximum absolute atomic E-state index is 9.66. The molecule has 0 aliphatic heterocycles. The van der Waals surface area contributed by atoms with Gasteiger partial charge in [0.25, 0.3) is 0 Å². The molecule has 0 saturated heterocycles. The normalized spacial score (nSPS) is 14.9. The first-order valence-electron chi connectivity index (χ1n) is 5.09. The van der Waals surface area contributed by atoms with Crippen LogP contribution in [0, 0.1) is 0 Å². The number of aliphatic hydroxyl groups excluding tert-OH is 1. The van der Waals surface area contributed by atoms with E-state index in [1.807, 2.05) is 13.8 Å². The van der Waals surface area contributed by atoms with E-state index in [1.165, 1.54) is 6.33 Å². The maximum atomic E-state index is 9.66. The number of H-pyrrole nitrogens is 1. The molecule has 2 rings (SSSR count). The summed E-state index contributed by atoms with van der Waals surface area (Å²) in [5.41, 5.74) is 0. The number of hydrogen-bond acceptors (Lipinski definition) is 6. The smallest absolute Gasteiger partial charge is 0.239 e. The van der Waals surface area contributed by atoms with E-state index in [2.05, 4.69) is 25.3 Å². The number of aliphatic hydroxyl groups is 1.